The maximum Gasteiger partial charge on any atom is 0.0815 e. The molecular formula is C12H20ClN3. The molecule has 1 N–H and O–H groups in total. The van der Waals surface area contributed by atoms with E-state index in [0.717, 1.165) is 17.8 Å². The van der Waals surface area contributed by atoms with Gasteiger partial charge in [-0.05, 0) is 33.3 Å². The molecule has 0 bridgehead atoms. The molecule has 0 atom stereocenters. The van der Waals surface area contributed by atoms with Crippen molar-refractivity contribution in [2.24, 2.45) is 0 Å². The van der Waals surface area contributed by atoms with Crippen LogP contribution in [-0.2, 0) is 6.54 Å². The Morgan fingerprint density at radius 2 is 2.19 bits per heavy atom. The van der Waals surface area contributed by atoms with Crippen LogP contribution >= 0.6 is 11.6 Å². The van der Waals surface area contributed by atoms with E-state index < -0.39 is 0 Å². The third-order valence-corrected chi connectivity index (χ3v) is 2.51. The van der Waals surface area contributed by atoms with Crippen LogP contribution in [0.1, 0.15) is 26.5 Å². The summed E-state index contributed by atoms with van der Waals surface area (Å²) in [6.45, 7) is 13.8. The van der Waals surface area contributed by atoms with Gasteiger partial charge in [0.25, 0.3) is 0 Å². The molecule has 0 saturated carbocycles. The van der Waals surface area contributed by atoms with Crippen molar-refractivity contribution in [2.75, 3.05) is 6.54 Å². The van der Waals surface area contributed by atoms with Gasteiger partial charge in [0.2, 0.25) is 0 Å². The van der Waals surface area contributed by atoms with Crippen molar-refractivity contribution >= 4 is 11.6 Å². The van der Waals surface area contributed by atoms with Crippen molar-refractivity contribution < 1.29 is 0 Å². The van der Waals surface area contributed by atoms with Crippen molar-refractivity contribution in [1.29, 1.82) is 0 Å². The number of rotatable bonds is 4. The predicted molar refractivity (Wildman–Crippen MR) is 68.9 cm³/mol. The third-order valence-electron chi connectivity index (χ3n) is 2.14. The van der Waals surface area contributed by atoms with Gasteiger partial charge in [-0.1, -0.05) is 18.2 Å². The minimum Gasteiger partial charge on any atom is -0.308 e. The molecule has 0 fully saturated rings. The minimum absolute atomic E-state index is 0.112. The number of nitrogens with zero attached hydrogens (tertiary/aromatic N) is 2. The lowest BCUT2D eigenvalue weighted by Crippen LogP contribution is -2.37. The first-order chi connectivity index (χ1) is 7.28. The van der Waals surface area contributed by atoms with Crippen LogP contribution in [0.5, 0.6) is 0 Å². The van der Waals surface area contributed by atoms with Gasteiger partial charge < -0.3 is 5.32 Å². The Morgan fingerprint density at radius 3 is 2.62 bits per heavy atom. The molecule has 1 heterocycles. The van der Waals surface area contributed by atoms with Gasteiger partial charge in [0.05, 0.1) is 17.3 Å². The zero-order valence-corrected chi connectivity index (χ0v) is 11.2. The molecule has 0 aliphatic heterocycles. The zero-order valence-electron chi connectivity index (χ0n) is 10.5. The summed E-state index contributed by atoms with van der Waals surface area (Å²) in [5, 5.41) is 8.39. The van der Waals surface area contributed by atoms with Crippen molar-refractivity contribution in [1.82, 2.24) is 15.1 Å². The van der Waals surface area contributed by atoms with Gasteiger partial charge in [0.1, 0.15) is 0 Å². The number of hydrogen-bond acceptors (Lipinski definition) is 2. The summed E-state index contributed by atoms with van der Waals surface area (Å²) in [6, 6.07) is 0. The summed E-state index contributed by atoms with van der Waals surface area (Å²) in [7, 11) is 0. The summed E-state index contributed by atoms with van der Waals surface area (Å²) >= 11 is 5.93. The van der Waals surface area contributed by atoms with E-state index in [1.165, 1.54) is 0 Å². The third kappa shape index (κ3) is 4.37. The Bertz CT molecular complexity index is 355. The zero-order chi connectivity index (χ0) is 12.3. The maximum absolute atomic E-state index is 5.93. The van der Waals surface area contributed by atoms with Crippen molar-refractivity contribution in [2.45, 2.75) is 39.8 Å². The summed E-state index contributed by atoms with van der Waals surface area (Å²) in [5.74, 6) is 0. The van der Waals surface area contributed by atoms with Crippen molar-refractivity contribution in [3.63, 3.8) is 0 Å². The molecule has 1 aromatic rings. The van der Waals surface area contributed by atoms with E-state index in [2.05, 4.69) is 37.8 Å². The van der Waals surface area contributed by atoms with Crippen molar-refractivity contribution in [3.05, 3.63) is 29.1 Å². The molecule has 4 heteroatoms. The topological polar surface area (TPSA) is 29.9 Å². The first kappa shape index (κ1) is 13.3. The Labute approximate surface area is 102 Å². The normalized spacial score (nSPS) is 11.8. The number of aromatic nitrogens is 2. The largest absolute Gasteiger partial charge is 0.308 e. The highest BCUT2D eigenvalue weighted by Crippen LogP contribution is 2.12. The molecule has 3 nitrogen and oxygen atoms in total. The number of hydrogen-bond donors (Lipinski definition) is 1. The van der Waals surface area contributed by atoms with Gasteiger partial charge in [-0.3, -0.25) is 4.68 Å². The van der Waals surface area contributed by atoms with Gasteiger partial charge in [-0.25, -0.2) is 0 Å². The Hall–Kier alpha value is -0.800. The number of nitrogens with one attached hydrogen (secondary N) is 1. The van der Waals surface area contributed by atoms with Crippen molar-refractivity contribution in [3.8, 4) is 0 Å². The highest BCUT2D eigenvalue weighted by atomic mass is 35.5. The molecule has 16 heavy (non-hydrogen) atoms. The highest BCUT2D eigenvalue weighted by molar-refractivity contribution is 6.31. The van der Waals surface area contributed by atoms with Gasteiger partial charge in [-0.2, -0.15) is 5.10 Å². The Morgan fingerprint density at radius 1 is 1.56 bits per heavy atom. The summed E-state index contributed by atoms with van der Waals surface area (Å²) in [5.41, 5.74) is 2.06. The van der Waals surface area contributed by atoms with E-state index in [9.17, 15) is 0 Å². The fourth-order valence-electron chi connectivity index (χ4n) is 1.25. The maximum atomic E-state index is 5.93. The van der Waals surface area contributed by atoms with Crippen LogP contribution in [0.4, 0.5) is 0 Å². The number of halogens is 1. The fourth-order valence-corrected chi connectivity index (χ4v) is 1.40. The lowest BCUT2D eigenvalue weighted by atomic mass is 10.1. The average molecular weight is 242 g/mol. The summed E-state index contributed by atoms with van der Waals surface area (Å²) < 4.78 is 1.82. The second-order valence-electron chi connectivity index (χ2n) is 5.11. The standard InChI is InChI=1S/C12H20ClN3/c1-9(6-14-12(3,4)5)7-16-8-11(13)10(2)15-16/h8,14H,1,6-7H2,2-5H3. The first-order valence-electron chi connectivity index (χ1n) is 5.39. The Kier molecular flexibility index (Phi) is 4.16. The van der Waals surface area contributed by atoms with Crippen LogP contribution in [0.3, 0.4) is 0 Å². The molecule has 90 valence electrons. The van der Waals surface area contributed by atoms with Crippen LogP contribution in [0.25, 0.3) is 0 Å². The number of aryl methyl sites for hydroxylation is 1. The highest BCUT2D eigenvalue weighted by Gasteiger charge is 2.09. The molecule has 1 aromatic heterocycles. The van der Waals surface area contributed by atoms with E-state index in [0.29, 0.717) is 11.6 Å². The summed E-state index contributed by atoms with van der Waals surface area (Å²) in [4.78, 5) is 0. The van der Waals surface area contributed by atoms with Crippen LogP contribution < -0.4 is 5.32 Å². The first-order valence-corrected chi connectivity index (χ1v) is 5.77. The van der Waals surface area contributed by atoms with Crippen LogP contribution in [0.15, 0.2) is 18.3 Å². The van der Waals surface area contributed by atoms with E-state index in [4.69, 9.17) is 11.6 Å². The van der Waals surface area contributed by atoms with Gasteiger partial charge in [0.15, 0.2) is 0 Å². The quantitative estimate of drug-likeness (QED) is 0.822. The lowest BCUT2D eigenvalue weighted by molar-refractivity contribution is 0.438. The molecule has 1 rings (SSSR count). The molecule has 0 spiro atoms. The molecule has 0 aliphatic carbocycles. The van der Waals surface area contributed by atoms with E-state index >= 15 is 0 Å². The molecular weight excluding hydrogens is 222 g/mol. The predicted octanol–water partition coefficient (Wildman–Crippen LogP) is 2.79. The van der Waals surface area contributed by atoms with E-state index in [1.807, 2.05) is 17.8 Å². The molecule has 0 radical (unpaired) electrons. The fraction of sp³-hybridized carbons (Fsp3) is 0.583. The minimum atomic E-state index is 0.112. The van der Waals surface area contributed by atoms with E-state index in [-0.39, 0.29) is 5.54 Å². The second-order valence-corrected chi connectivity index (χ2v) is 5.52. The Balaban J connectivity index is 2.46. The molecule has 0 amide bonds. The smallest absolute Gasteiger partial charge is 0.0815 e. The summed E-state index contributed by atoms with van der Waals surface area (Å²) in [6.07, 6.45) is 1.83. The molecule has 0 aromatic carbocycles. The van der Waals surface area contributed by atoms with Crippen LogP contribution in [0.2, 0.25) is 5.02 Å². The van der Waals surface area contributed by atoms with E-state index in [1.54, 1.807) is 0 Å². The molecule has 0 saturated heterocycles. The SMILES string of the molecule is C=C(CNC(C)(C)C)Cn1cc(Cl)c(C)n1. The second kappa shape index (κ2) is 5.02. The van der Waals surface area contributed by atoms with Gasteiger partial charge >= 0.3 is 0 Å². The lowest BCUT2D eigenvalue weighted by Gasteiger charge is -2.21. The van der Waals surface area contributed by atoms with Crippen LogP contribution in [-0.4, -0.2) is 21.9 Å². The van der Waals surface area contributed by atoms with Gasteiger partial charge in [-0.15, -0.1) is 0 Å². The average Bonchev–Trinajstić information content (AvgIpc) is 2.41. The van der Waals surface area contributed by atoms with Gasteiger partial charge in [0, 0.05) is 18.3 Å². The monoisotopic (exact) mass is 241 g/mol. The molecule has 0 aliphatic rings. The van der Waals surface area contributed by atoms with Crippen LogP contribution in [0, 0.1) is 6.92 Å². The molecule has 0 unspecified atom stereocenters.